The van der Waals surface area contributed by atoms with Gasteiger partial charge in [-0.25, -0.2) is 9.50 Å². The zero-order valence-electron chi connectivity index (χ0n) is 8.97. The number of fused-ring (bicyclic) bond motifs is 1. The van der Waals surface area contributed by atoms with E-state index in [1.807, 2.05) is 18.3 Å². The number of hydrogen-bond donors (Lipinski definition) is 0. The van der Waals surface area contributed by atoms with E-state index in [1.54, 1.807) is 4.52 Å². The first-order valence-electron chi connectivity index (χ1n) is 5.65. The minimum atomic E-state index is 0.439. The molecule has 1 saturated carbocycles. The fourth-order valence-corrected chi connectivity index (χ4v) is 2.00. The molecule has 0 spiro atoms. The van der Waals surface area contributed by atoms with Crippen molar-refractivity contribution >= 4 is 11.9 Å². The van der Waals surface area contributed by atoms with Crippen molar-refractivity contribution in [3.8, 4) is 0 Å². The van der Waals surface area contributed by atoms with E-state index in [4.69, 9.17) is 0 Å². The lowest BCUT2D eigenvalue weighted by molar-refractivity contribution is -0.107. The van der Waals surface area contributed by atoms with Crippen molar-refractivity contribution in [1.82, 2.24) is 14.6 Å². The van der Waals surface area contributed by atoms with Gasteiger partial charge in [-0.05, 0) is 24.5 Å². The van der Waals surface area contributed by atoms with E-state index in [2.05, 4.69) is 10.1 Å². The van der Waals surface area contributed by atoms with E-state index in [-0.39, 0.29) is 0 Å². The summed E-state index contributed by atoms with van der Waals surface area (Å²) < 4.78 is 1.78. The normalized spacial score (nSPS) is 16.2. The summed E-state index contributed by atoms with van der Waals surface area (Å²) in [7, 11) is 0. The number of aromatic nitrogens is 3. The summed E-state index contributed by atoms with van der Waals surface area (Å²) in [5, 5.41) is 4.47. The highest BCUT2D eigenvalue weighted by molar-refractivity contribution is 5.55. The summed E-state index contributed by atoms with van der Waals surface area (Å²) in [6.45, 7) is 0. The molecule has 2 aromatic heterocycles. The third-order valence-electron chi connectivity index (χ3n) is 3.20. The number of aldehydes is 1. The van der Waals surface area contributed by atoms with Crippen LogP contribution in [0, 0.1) is 0 Å². The van der Waals surface area contributed by atoms with E-state index in [9.17, 15) is 4.79 Å². The quantitative estimate of drug-likeness (QED) is 0.733. The Morgan fingerprint density at radius 3 is 3.00 bits per heavy atom. The molecule has 4 nitrogen and oxygen atoms in total. The van der Waals surface area contributed by atoms with Crippen LogP contribution >= 0.6 is 0 Å². The number of nitrogens with zero attached hydrogens (tertiary/aromatic N) is 3. The molecule has 0 bridgehead atoms. The minimum absolute atomic E-state index is 0.439. The van der Waals surface area contributed by atoms with Gasteiger partial charge in [-0.15, -0.1) is 0 Å². The Bertz CT molecular complexity index is 528. The highest BCUT2D eigenvalue weighted by Gasteiger charge is 2.23. The molecule has 0 atom stereocenters. The molecule has 0 N–H and O–H groups in total. The van der Waals surface area contributed by atoms with E-state index in [0.29, 0.717) is 12.3 Å². The maximum atomic E-state index is 10.4. The summed E-state index contributed by atoms with van der Waals surface area (Å²) >= 11 is 0. The predicted octanol–water partition coefficient (Wildman–Crippen LogP) is 1.74. The van der Waals surface area contributed by atoms with Gasteiger partial charge in [0.1, 0.15) is 6.29 Å². The monoisotopic (exact) mass is 215 g/mol. The fraction of sp³-hybridized carbons (Fsp3) is 0.417. The van der Waals surface area contributed by atoms with Crippen LogP contribution in [0.25, 0.3) is 5.65 Å². The molecule has 1 aliphatic rings. The van der Waals surface area contributed by atoms with Crippen LogP contribution < -0.4 is 0 Å². The first kappa shape index (κ1) is 9.51. The van der Waals surface area contributed by atoms with Gasteiger partial charge < -0.3 is 4.79 Å². The molecule has 82 valence electrons. The zero-order valence-corrected chi connectivity index (χ0v) is 8.97. The summed E-state index contributed by atoms with van der Waals surface area (Å²) in [6.07, 6.45) is 6.94. The Balaban J connectivity index is 1.99. The van der Waals surface area contributed by atoms with Crippen LogP contribution in [0.3, 0.4) is 0 Å². The standard InChI is InChI=1S/C12H13N3O/c16-7-6-9-4-5-11-13-12(10-2-1-3-10)14-15(11)8-9/h4-5,7-8,10H,1-3,6H2. The summed E-state index contributed by atoms with van der Waals surface area (Å²) in [5.74, 6) is 1.50. The maximum Gasteiger partial charge on any atom is 0.155 e. The first-order valence-corrected chi connectivity index (χ1v) is 5.65. The largest absolute Gasteiger partial charge is 0.303 e. The van der Waals surface area contributed by atoms with Crippen molar-refractivity contribution in [2.75, 3.05) is 0 Å². The van der Waals surface area contributed by atoms with Gasteiger partial charge in [-0.1, -0.05) is 12.5 Å². The van der Waals surface area contributed by atoms with Crippen molar-refractivity contribution in [2.45, 2.75) is 31.6 Å². The highest BCUT2D eigenvalue weighted by atomic mass is 16.1. The van der Waals surface area contributed by atoms with Gasteiger partial charge in [0.15, 0.2) is 11.5 Å². The summed E-state index contributed by atoms with van der Waals surface area (Å²) in [4.78, 5) is 14.9. The zero-order chi connectivity index (χ0) is 11.0. The molecule has 3 rings (SSSR count). The third-order valence-corrected chi connectivity index (χ3v) is 3.20. The Hall–Kier alpha value is -1.71. The van der Waals surface area contributed by atoms with Gasteiger partial charge in [0, 0.05) is 18.5 Å². The van der Waals surface area contributed by atoms with E-state index < -0.39 is 0 Å². The third kappa shape index (κ3) is 1.50. The molecule has 1 fully saturated rings. The van der Waals surface area contributed by atoms with Crippen molar-refractivity contribution < 1.29 is 4.79 Å². The Kier molecular flexibility index (Phi) is 2.20. The number of hydrogen-bond acceptors (Lipinski definition) is 3. The second-order valence-corrected chi connectivity index (χ2v) is 4.31. The number of pyridine rings is 1. The molecule has 0 unspecified atom stereocenters. The Morgan fingerprint density at radius 2 is 2.31 bits per heavy atom. The molecular formula is C12H13N3O. The number of carbonyl (C=O) groups excluding carboxylic acids is 1. The lowest BCUT2D eigenvalue weighted by Crippen LogP contribution is -2.10. The van der Waals surface area contributed by atoms with Crippen LogP contribution in [0.5, 0.6) is 0 Å². The van der Waals surface area contributed by atoms with Crippen LogP contribution in [0.4, 0.5) is 0 Å². The average Bonchev–Trinajstić information content (AvgIpc) is 2.57. The molecule has 0 aliphatic heterocycles. The first-order chi connectivity index (χ1) is 7.86. The predicted molar refractivity (Wildman–Crippen MR) is 59.3 cm³/mol. The lowest BCUT2D eigenvalue weighted by atomic mass is 9.85. The smallest absolute Gasteiger partial charge is 0.155 e. The molecule has 2 aromatic rings. The molecule has 4 heteroatoms. The highest BCUT2D eigenvalue weighted by Crippen LogP contribution is 2.34. The van der Waals surface area contributed by atoms with Gasteiger partial charge in [0.2, 0.25) is 0 Å². The van der Waals surface area contributed by atoms with Crippen LogP contribution in [0.15, 0.2) is 18.3 Å². The van der Waals surface area contributed by atoms with Gasteiger partial charge >= 0.3 is 0 Å². The van der Waals surface area contributed by atoms with Crippen LogP contribution in [0.2, 0.25) is 0 Å². The molecule has 2 heterocycles. The van der Waals surface area contributed by atoms with Crippen molar-refractivity contribution in [1.29, 1.82) is 0 Å². The van der Waals surface area contributed by atoms with Crippen LogP contribution in [0.1, 0.15) is 36.6 Å². The van der Waals surface area contributed by atoms with Gasteiger partial charge in [0.25, 0.3) is 0 Å². The second kappa shape index (κ2) is 3.70. The van der Waals surface area contributed by atoms with Crippen molar-refractivity contribution in [2.24, 2.45) is 0 Å². The molecule has 16 heavy (non-hydrogen) atoms. The van der Waals surface area contributed by atoms with Crippen molar-refractivity contribution in [3.63, 3.8) is 0 Å². The summed E-state index contributed by atoms with van der Waals surface area (Å²) in [6, 6.07) is 3.86. The lowest BCUT2D eigenvalue weighted by Gasteiger charge is -2.21. The molecule has 1 aliphatic carbocycles. The second-order valence-electron chi connectivity index (χ2n) is 4.31. The molecular weight excluding hydrogens is 202 g/mol. The van der Waals surface area contributed by atoms with E-state index in [1.165, 1.54) is 19.3 Å². The van der Waals surface area contributed by atoms with E-state index >= 15 is 0 Å². The van der Waals surface area contributed by atoms with Gasteiger partial charge in [-0.2, -0.15) is 5.10 Å². The van der Waals surface area contributed by atoms with Crippen LogP contribution in [-0.4, -0.2) is 20.9 Å². The minimum Gasteiger partial charge on any atom is -0.303 e. The number of rotatable bonds is 3. The van der Waals surface area contributed by atoms with E-state index in [0.717, 1.165) is 23.3 Å². The fourth-order valence-electron chi connectivity index (χ4n) is 2.00. The molecule has 0 amide bonds. The molecule has 0 aromatic carbocycles. The van der Waals surface area contributed by atoms with Crippen LogP contribution in [-0.2, 0) is 11.2 Å². The number of carbonyl (C=O) groups is 1. The topological polar surface area (TPSA) is 47.3 Å². The average molecular weight is 215 g/mol. The van der Waals surface area contributed by atoms with Gasteiger partial charge in [-0.3, -0.25) is 0 Å². The van der Waals surface area contributed by atoms with Gasteiger partial charge in [0.05, 0.1) is 0 Å². The molecule has 0 saturated heterocycles. The summed E-state index contributed by atoms with van der Waals surface area (Å²) in [5.41, 5.74) is 1.85. The molecule has 0 radical (unpaired) electrons. The Labute approximate surface area is 93.3 Å². The SMILES string of the molecule is O=CCc1ccc2nc(C3CCC3)nn2c1. The Morgan fingerprint density at radius 1 is 1.44 bits per heavy atom. The van der Waals surface area contributed by atoms with Crippen molar-refractivity contribution in [3.05, 3.63) is 29.7 Å². The maximum absolute atomic E-state index is 10.4.